The zero-order chi connectivity index (χ0) is 19.0. The van der Waals surface area contributed by atoms with Crippen LogP contribution in [0.1, 0.15) is 41.4 Å². The van der Waals surface area contributed by atoms with Gasteiger partial charge in [0.1, 0.15) is 0 Å². The van der Waals surface area contributed by atoms with Crippen molar-refractivity contribution in [1.82, 2.24) is 0 Å². The van der Waals surface area contributed by atoms with Crippen LogP contribution >= 0.6 is 0 Å². The van der Waals surface area contributed by atoms with E-state index in [9.17, 15) is 19.2 Å². The molecule has 0 aliphatic heterocycles. The van der Waals surface area contributed by atoms with E-state index in [1.807, 2.05) is 0 Å². The Balaban J connectivity index is 0.000000251. The number of hydrogen-bond donors (Lipinski definition) is 3. The van der Waals surface area contributed by atoms with Crippen LogP contribution < -0.4 is 0 Å². The summed E-state index contributed by atoms with van der Waals surface area (Å²) in [5, 5.41) is 25.7. The van der Waals surface area contributed by atoms with Gasteiger partial charge in [-0.05, 0) is 36.4 Å². The minimum Gasteiger partial charge on any atom is -0.478 e. The second-order valence-electron chi connectivity index (χ2n) is 4.53. The molecule has 2 rings (SSSR count). The Hall–Kier alpha value is -3.68. The number of carboxylic acid groups (broad SMARTS) is 3. The first-order valence-corrected chi connectivity index (χ1v) is 6.75. The Morgan fingerprint density at radius 3 is 1.40 bits per heavy atom. The molecular weight excluding hydrogens is 332 g/mol. The van der Waals surface area contributed by atoms with E-state index >= 15 is 0 Å². The van der Waals surface area contributed by atoms with Crippen molar-refractivity contribution < 1.29 is 39.2 Å². The average Bonchev–Trinajstić information content (AvgIpc) is 2.61. The Morgan fingerprint density at radius 1 is 0.680 bits per heavy atom. The van der Waals surface area contributed by atoms with Crippen LogP contribution in [0, 0.1) is 0 Å². The standard InChI is InChI=1S/C9H8O4.C8H6O4/c1-13-9(12)7-4-2-6(3-5-7)8(10)11;9-7(10)5-3-1-2-4-6(5)8(11)12/h2-5H,1H3,(H,10,11);1-4H,(H,9,10)(H,11,12). The third kappa shape index (κ3) is 5.47. The third-order valence-electron chi connectivity index (χ3n) is 2.94. The minimum absolute atomic E-state index is 0.146. The average molecular weight is 346 g/mol. The first-order chi connectivity index (χ1) is 11.8. The van der Waals surface area contributed by atoms with Crippen LogP contribution in [0.15, 0.2) is 48.5 Å². The molecule has 0 aliphatic rings. The van der Waals surface area contributed by atoms with Crippen molar-refractivity contribution in [3.63, 3.8) is 0 Å². The van der Waals surface area contributed by atoms with Gasteiger partial charge < -0.3 is 20.1 Å². The van der Waals surface area contributed by atoms with Gasteiger partial charge in [0, 0.05) is 0 Å². The second-order valence-corrected chi connectivity index (χ2v) is 4.53. The molecule has 8 heteroatoms. The normalized spacial score (nSPS) is 9.32. The lowest BCUT2D eigenvalue weighted by molar-refractivity contribution is 0.0597. The predicted octanol–water partition coefficient (Wildman–Crippen LogP) is 2.25. The molecule has 0 spiro atoms. The number of carbonyl (C=O) groups excluding carboxylic acids is 1. The number of esters is 1. The van der Waals surface area contributed by atoms with E-state index in [-0.39, 0.29) is 16.7 Å². The van der Waals surface area contributed by atoms with Crippen molar-refractivity contribution in [3.05, 3.63) is 70.8 Å². The van der Waals surface area contributed by atoms with Crippen LogP contribution in [0.4, 0.5) is 0 Å². The molecule has 2 aromatic carbocycles. The van der Waals surface area contributed by atoms with Crippen molar-refractivity contribution in [2.24, 2.45) is 0 Å². The lowest BCUT2D eigenvalue weighted by atomic mass is 10.1. The Labute approximate surface area is 141 Å². The first-order valence-electron chi connectivity index (χ1n) is 6.75. The molecule has 0 radical (unpaired) electrons. The molecule has 0 fully saturated rings. The van der Waals surface area contributed by atoms with Gasteiger partial charge in [0.25, 0.3) is 0 Å². The fourth-order valence-corrected chi connectivity index (χ4v) is 1.72. The maximum Gasteiger partial charge on any atom is 0.337 e. The molecule has 0 aliphatic carbocycles. The largest absolute Gasteiger partial charge is 0.478 e. The van der Waals surface area contributed by atoms with Crippen LogP contribution in [0.3, 0.4) is 0 Å². The van der Waals surface area contributed by atoms with Crippen LogP contribution in [0.5, 0.6) is 0 Å². The molecular formula is C17H14O8. The quantitative estimate of drug-likeness (QED) is 0.717. The van der Waals surface area contributed by atoms with E-state index in [0.717, 1.165) is 0 Å². The fourth-order valence-electron chi connectivity index (χ4n) is 1.72. The van der Waals surface area contributed by atoms with E-state index in [4.69, 9.17) is 15.3 Å². The number of aromatic carboxylic acids is 3. The highest BCUT2D eigenvalue weighted by Gasteiger charge is 2.13. The Kier molecular flexibility index (Phi) is 6.83. The monoisotopic (exact) mass is 346 g/mol. The summed E-state index contributed by atoms with van der Waals surface area (Å²) in [6.07, 6.45) is 0. The number of hydrogen-bond acceptors (Lipinski definition) is 5. The molecule has 2 aromatic rings. The van der Waals surface area contributed by atoms with Crippen LogP contribution in [-0.4, -0.2) is 46.3 Å². The summed E-state index contributed by atoms with van der Waals surface area (Å²) >= 11 is 0. The number of carbonyl (C=O) groups is 4. The molecule has 3 N–H and O–H groups in total. The molecule has 0 saturated heterocycles. The number of rotatable bonds is 4. The number of benzene rings is 2. The predicted molar refractivity (Wildman–Crippen MR) is 85.1 cm³/mol. The summed E-state index contributed by atoms with van der Waals surface area (Å²) in [4.78, 5) is 42.3. The SMILES string of the molecule is COC(=O)c1ccc(C(=O)O)cc1.O=C(O)c1ccccc1C(=O)O. The van der Waals surface area contributed by atoms with Gasteiger partial charge in [-0.15, -0.1) is 0 Å². The van der Waals surface area contributed by atoms with Gasteiger partial charge in [0.05, 0.1) is 29.4 Å². The summed E-state index contributed by atoms with van der Waals surface area (Å²) in [5.74, 6) is -3.95. The van der Waals surface area contributed by atoms with Gasteiger partial charge in [-0.25, -0.2) is 19.2 Å². The van der Waals surface area contributed by atoms with Crippen molar-refractivity contribution in [2.45, 2.75) is 0 Å². The Bertz CT molecular complexity index is 760. The Morgan fingerprint density at radius 2 is 1.08 bits per heavy atom. The molecule has 0 unspecified atom stereocenters. The minimum atomic E-state index is -1.23. The molecule has 8 nitrogen and oxygen atoms in total. The van der Waals surface area contributed by atoms with Gasteiger partial charge in [-0.1, -0.05) is 12.1 Å². The van der Waals surface area contributed by atoms with Crippen molar-refractivity contribution >= 4 is 23.9 Å². The highest BCUT2D eigenvalue weighted by Crippen LogP contribution is 2.08. The topological polar surface area (TPSA) is 138 Å². The fraction of sp³-hybridized carbons (Fsp3) is 0.0588. The number of carboxylic acids is 3. The molecule has 25 heavy (non-hydrogen) atoms. The van der Waals surface area contributed by atoms with Crippen LogP contribution in [0.2, 0.25) is 0 Å². The first kappa shape index (κ1) is 19.4. The molecule has 0 atom stereocenters. The molecule has 0 amide bonds. The molecule has 130 valence electrons. The molecule has 0 bridgehead atoms. The number of methoxy groups -OCH3 is 1. The zero-order valence-electron chi connectivity index (χ0n) is 13.0. The van der Waals surface area contributed by atoms with Crippen LogP contribution in [0.25, 0.3) is 0 Å². The summed E-state index contributed by atoms with van der Waals surface area (Å²) in [6, 6.07) is 11.0. The van der Waals surface area contributed by atoms with E-state index < -0.39 is 23.9 Å². The maximum absolute atomic E-state index is 10.9. The summed E-state index contributed by atoms with van der Waals surface area (Å²) in [7, 11) is 1.27. The summed E-state index contributed by atoms with van der Waals surface area (Å²) in [6.45, 7) is 0. The maximum atomic E-state index is 10.9. The van der Waals surface area contributed by atoms with E-state index in [0.29, 0.717) is 5.56 Å². The van der Waals surface area contributed by atoms with E-state index in [2.05, 4.69) is 4.74 Å². The van der Waals surface area contributed by atoms with Crippen molar-refractivity contribution in [2.75, 3.05) is 7.11 Å². The summed E-state index contributed by atoms with van der Waals surface area (Å²) < 4.78 is 4.45. The summed E-state index contributed by atoms with van der Waals surface area (Å²) in [5.41, 5.74) is 0.107. The highest BCUT2D eigenvalue weighted by atomic mass is 16.5. The van der Waals surface area contributed by atoms with E-state index in [1.165, 1.54) is 55.6 Å². The van der Waals surface area contributed by atoms with E-state index in [1.54, 1.807) is 0 Å². The lowest BCUT2D eigenvalue weighted by Gasteiger charge is -1.98. The van der Waals surface area contributed by atoms with Gasteiger partial charge in [0.15, 0.2) is 0 Å². The second kappa shape index (κ2) is 8.82. The molecule has 0 saturated carbocycles. The van der Waals surface area contributed by atoms with Gasteiger partial charge in [-0.2, -0.15) is 0 Å². The zero-order valence-corrected chi connectivity index (χ0v) is 13.0. The number of ether oxygens (including phenoxy) is 1. The molecule has 0 aromatic heterocycles. The van der Waals surface area contributed by atoms with Gasteiger partial charge in [0.2, 0.25) is 0 Å². The smallest absolute Gasteiger partial charge is 0.337 e. The molecule has 0 heterocycles. The highest BCUT2D eigenvalue weighted by molar-refractivity contribution is 6.01. The van der Waals surface area contributed by atoms with Gasteiger partial charge >= 0.3 is 23.9 Å². The van der Waals surface area contributed by atoms with Crippen LogP contribution in [-0.2, 0) is 4.74 Å². The van der Waals surface area contributed by atoms with Gasteiger partial charge in [-0.3, -0.25) is 0 Å². The van der Waals surface area contributed by atoms with Crippen molar-refractivity contribution in [1.29, 1.82) is 0 Å². The van der Waals surface area contributed by atoms with Crippen molar-refractivity contribution in [3.8, 4) is 0 Å². The third-order valence-corrected chi connectivity index (χ3v) is 2.94. The lowest BCUT2D eigenvalue weighted by Crippen LogP contribution is -2.06.